The average molecular weight is 326 g/mol. The van der Waals surface area contributed by atoms with Gasteiger partial charge in [0.1, 0.15) is 0 Å². The van der Waals surface area contributed by atoms with Gasteiger partial charge in [-0.05, 0) is 50.1 Å². The molecule has 0 saturated carbocycles. The van der Waals surface area contributed by atoms with E-state index in [0.29, 0.717) is 23.2 Å². The molecule has 0 spiro atoms. The number of hydrogen-bond acceptors (Lipinski definition) is 3. The maximum atomic E-state index is 12.3. The van der Waals surface area contributed by atoms with Crippen LogP contribution in [0.2, 0.25) is 0 Å². The molecule has 0 heterocycles. The van der Waals surface area contributed by atoms with E-state index in [1.54, 1.807) is 42.5 Å². The van der Waals surface area contributed by atoms with Gasteiger partial charge in [0, 0.05) is 29.5 Å². The van der Waals surface area contributed by atoms with Gasteiger partial charge in [-0.25, -0.2) is 0 Å². The number of aryl methyl sites for hydroxylation is 1. The summed E-state index contributed by atoms with van der Waals surface area (Å²) in [4.78, 5) is 24.5. The van der Waals surface area contributed by atoms with Crippen molar-refractivity contribution in [1.29, 1.82) is 0 Å². The third-order valence-electron chi connectivity index (χ3n) is 3.72. The van der Waals surface area contributed by atoms with Gasteiger partial charge in [-0.2, -0.15) is 0 Å². The van der Waals surface area contributed by atoms with Crippen molar-refractivity contribution in [1.82, 2.24) is 5.32 Å². The summed E-state index contributed by atoms with van der Waals surface area (Å²) in [5.41, 5.74) is 2.50. The molecule has 0 aliphatic rings. The van der Waals surface area contributed by atoms with Crippen LogP contribution in [0.3, 0.4) is 0 Å². The second kappa shape index (κ2) is 8.26. The highest BCUT2D eigenvalue weighted by atomic mass is 16.3. The Morgan fingerprint density at radius 3 is 2.42 bits per heavy atom. The average Bonchev–Trinajstić information content (AvgIpc) is 2.57. The van der Waals surface area contributed by atoms with E-state index in [1.807, 2.05) is 19.9 Å². The van der Waals surface area contributed by atoms with Crippen LogP contribution < -0.4 is 10.6 Å². The number of benzene rings is 2. The largest absolute Gasteiger partial charge is 0.396 e. The summed E-state index contributed by atoms with van der Waals surface area (Å²) in [7, 11) is 0. The van der Waals surface area contributed by atoms with E-state index in [1.165, 1.54) is 0 Å². The number of hydrogen-bond donors (Lipinski definition) is 3. The number of amides is 2. The van der Waals surface area contributed by atoms with Gasteiger partial charge in [-0.1, -0.05) is 24.3 Å². The number of nitrogens with one attached hydrogen (secondary N) is 2. The van der Waals surface area contributed by atoms with Crippen molar-refractivity contribution in [2.24, 2.45) is 0 Å². The van der Waals surface area contributed by atoms with Crippen LogP contribution in [0.25, 0.3) is 0 Å². The summed E-state index contributed by atoms with van der Waals surface area (Å²) in [6.45, 7) is 3.73. The molecular formula is C19H22N2O3. The molecule has 0 aliphatic heterocycles. The maximum absolute atomic E-state index is 12.3. The standard InChI is InChI=1S/C19H22N2O3/c1-13-8-9-16(19(24)20-14(2)10-11-22)12-17(13)21-18(23)15-6-4-3-5-7-15/h3-9,12,14,22H,10-11H2,1-2H3,(H,20,24)(H,21,23). The predicted octanol–water partition coefficient (Wildman–Crippen LogP) is 2.75. The molecule has 1 atom stereocenters. The summed E-state index contributed by atoms with van der Waals surface area (Å²) in [5, 5.41) is 14.6. The molecule has 0 fully saturated rings. The lowest BCUT2D eigenvalue weighted by Gasteiger charge is -2.14. The van der Waals surface area contributed by atoms with Gasteiger partial charge in [0.05, 0.1) is 0 Å². The fourth-order valence-electron chi connectivity index (χ4n) is 2.25. The molecule has 3 N–H and O–H groups in total. The minimum Gasteiger partial charge on any atom is -0.396 e. The molecule has 0 bridgehead atoms. The second-order valence-electron chi connectivity index (χ2n) is 5.74. The highest BCUT2D eigenvalue weighted by Gasteiger charge is 2.13. The van der Waals surface area contributed by atoms with E-state index in [0.717, 1.165) is 5.56 Å². The molecular weight excluding hydrogens is 304 g/mol. The zero-order valence-corrected chi connectivity index (χ0v) is 13.9. The number of aliphatic hydroxyl groups excluding tert-OH is 1. The maximum Gasteiger partial charge on any atom is 0.255 e. The first-order valence-corrected chi connectivity index (χ1v) is 7.90. The molecule has 1 unspecified atom stereocenters. The van der Waals surface area contributed by atoms with Crippen LogP contribution in [0.4, 0.5) is 5.69 Å². The fourth-order valence-corrected chi connectivity index (χ4v) is 2.25. The molecule has 2 aromatic rings. The highest BCUT2D eigenvalue weighted by molar-refractivity contribution is 6.05. The molecule has 0 saturated heterocycles. The Bertz CT molecular complexity index is 714. The van der Waals surface area contributed by atoms with Gasteiger partial charge in [0.15, 0.2) is 0 Å². The highest BCUT2D eigenvalue weighted by Crippen LogP contribution is 2.18. The van der Waals surface area contributed by atoms with Gasteiger partial charge >= 0.3 is 0 Å². The SMILES string of the molecule is Cc1ccc(C(=O)NC(C)CCO)cc1NC(=O)c1ccccc1. The summed E-state index contributed by atoms with van der Waals surface area (Å²) >= 11 is 0. The first-order chi connectivity index (χ1) is 11.5. The van der Waals surface area contributed by atoms with Gasteiger partial charge in [0.25, 0.3) is 11.8 Å². The minimum absolute atomic E-state index is 0.0216. The molecule has 5 nitrogen and oxygen atoms in total. The topological polar surface area (TPSA) is 78.4 Å². The number of rotatable bonds is 6. The third-order valence-corrected chi connectivity index (χ3v) is 3.72. The number of anilines is 1. The monoisotopic (exact) mass is 326 g/mol. The van der Waals surface area contributed by atoms with Crippen LogP contribution in [0.1, 0.15) is 39.6 Å². The molecule has 24 heavy (non-hydrogen) atoms. The molecule has 126 valence electrons. The lowest BCUT2D eigenvalue weighted by atomic mass is 10.1. The first kappa shape index (κ1) is 17.7. The van der Waals surface area contributed by atoms with E-state index in [2.05, 4.69) is 10.6 Å². The summed E-state index contributed by atoms with van der Waals surface area (Å²) in [6, 6.07) is 14.0. The normalized spacial score (nSPS) is 11.6. The molecule has 2 aromatic carbocycles. The minimum atomic E-state index is -0.230. The summed E-state index contributed by atoms with van der Waals surface area (Å²) in [5.74, 6) is -0.448. The van der Waals surface area contributed by atoms with Crippen LogP contribution in [-0.4, -0.2) is 29.6 Å². The van der Waals surface area contributed by atoms with Gasteiger partial charge in [-0.15, -0.1) is 0 Å². The number of aliphatic hydroxyl groups is 1. The Balaban J connectivity index is 2.14. The lowest BCUT2D eigenvalue weighted by Crippen LogP contribution is -2.33. The van der Waals surface area contributed by atoms with Crippen LogP contribution in [0.5, 0.6) is 0 Å². The molecule has 5 heteroatoms. The number of carbonyl (C=O) groups excluding carboxylic acids is 2. The zero-order valence-electron chi connectivity index (χ0n) is 13.9. The predicted molar refractivity (Wildman–Crippen MR) is 94.2 cm³/mol. The summed E-state index contributed by atoms with van der Waals surface area (Å²) in [6.07, 6.45) is 0.495. The Hall–Kier alpha value is -2.66. The van der Waals surface area contributed by atoms with Gasteiger partial charge < -0.3 is 15.7 Å². The van der Waals surface area contributed by atoms with Crippen LogP contribution in [0.15, 0.2) is 48.5 Å². The van der Waals surface area contributed by atoms with Crippen molar-refractivity contribution in [3.63, 3.8) is 0 Å². The fraction of sp³-hybridized carbons (Fsp3) is 0.263. The number of carbonyl (C=O) groups is 2. The van der Waals surface area contributed by atoms with Crippen molar-refractivity contribution in [3.05, 3.63) is 65.2 Å². The first-order valence-electron chi connectivity index (χ1n) is 7.90. The van der Waals surface area contributed by atoms with Crippen LogP contribution in [-0.2, 0) is 0 Å². The van der Waals surface area contributed by atoms with Crippen molar-refractivity contribution in [2.45, 2.75) is 26.3 Å². The Labute approximate surface area is 141 Å². The van der Waals surface area contributed by atoms with Crippen molar-refractivity contribution in [2.75, 3.05) is 11.9 Å². The van der Waals surface area contributed by atoms with Crippen molar-refractivity contribution >= 4 is 17.5 Å². The smallest absolute Gasteiger partial charge is 0.255 e. The molecule has 0 aliphatic carbocycles. The van der Waals surface area contributed by atoms with E-state index in [-0.39, 0.29) is 24.5 Å². The Morgan fingerprint density at radius 1 is 1.04 bits per heavy atom. The Kier molecular flexibility index (Phi) is 6.09. The van der Waals surface area contributed by atoms with E-state index in [9.17, 15) is 9.59 Å². The summed E-state index contributed by atoms with van der Waals surface area (Å²) < 4.78 is 0. The lowest BCUT2D eigenvalue weighted by molar-refractivity contribution is 0.0933. The molecule has 2 amide bonds. The second-order valence-corrected chi connectivity index (χ2v) is 5.74. The van der Waals surface area contributed by atoms with Crippen LogP contribution in [0, 0.1) is 6.92 Å². The van der Waals surface area contributed by atoms with E-state index in [4.69, 9.17) is 5.11 Å². The van der Waals surface area contributed by atoms with Crippen LogP contribution >= 0.6 is 0 Å². The molecule has 0 radical (unpaired) electrons. The van der Waals surface area contributed by atoms with Gasteiger partial charge in [0.2, 0.25) is 0 Å². The Morgan fingerprint density at radius 2 is 1.75 bits per heavy atom. The van der Waals surface area contributed by atoms with Crippen molar-refractivity contribution < 1.29 is 14.7 Å². The quantitative estimate of drug-likeness (QED) is 0.764. The van der Waals surface area contributed by atoms with E-state index >= 15 is 0 Å². The van der Waals surface area contributed by atoms with Crippen molar-refractivity contribution in [3.8, 4) is 0 Å². The van der Waals surface area contributed by atoms with Gasteiger partial charge in [-0.3, -0.25) is 9.59 Å². The molecule has 0 aromatic heterocycles. The third kappa shape index (κ3) is 4.67. The molecule has 2 rings (SSSR count). The zero-order chi connectivity index (χ0) is 17.5. The van der Waals surface area contributed by atoms with E-state index < -0.39 is 0 Å².